The van der Waals surface area contributed by atoms with Crippen LogP contribution >= 0.6 is 39.3 Å². The summed E-state index contributed by atoms with van der Waals surface area (Å²) in [4.78, 5) is 21.6. The number of benzene rings is 2. The van der Waals surface area contributed by atoms with Crippen molar-refractivity contribution in [3.05, 3.63) is 61.9 Å². The van der Waals surface area contributed by atoms with E-state index in [0.717, 1.165) is 46.5 Å². The van der Waals surface area contributed by atoms with Gasteiger partial charge in [-0.25, -0.2) is 0 Å². The zero-order valence-electron chi connectivity index (χ0n) is 21.8. The molecule has 2 aromatic rings. The number of rotatable bonds is 7. The van der Waals surface area contributed by atoms with Crippen LogP contribution in [-0.2, 0) is 11.4 Å². The Bertz CT molecular complexity index is 1200. The fraction of sp³-hybridized carbons (Fsp3) is 0.467. The molecule has 0 N–H and O–H groups in total. The van der Waals surface area contributed by atoms with Gasteiger partial charge >= 0.3 is 0 Å². The summed E-state index contributed by atoms with van der Waals surface area (Å²) in [5.74, 6) is 1.31. The number of amidine groups is 1. The molecular formula is C30H34BrClN2O3S. The highest BCUT2D eigenvalue weighted by molar-refractivity contribution is 9.10. The third kappa shape index (κ3) is 6.60. The molecule has 0 unspecified atom stereocenters. The Balaban J connectivity index is 1.39. The lowest BCUT2D eigenvalue weighted by atomic mass is 9.94. The molecule has 2 saturated carbocycles. The number of thioether (sulfide) groups is 1. The van der Waals surface area contributed by atoms with Crippen LogP contribution in [0, 0.1) is 0 Å². The Morgan fingerprint density at radius 3 is 2.42 bits per heavy atom. The first-order chi connectivity index (χ1) is 18.5. The van der Waals surface area contributed by atoms with E-state index in [1.165, 1.54) is 50.3 Å². The van der Waals surface area contributed by atoms with E-state index < -0.39 is 0 Å². The normalized spacial score (nSPS) is 21.4. The van der Waals surface area contributed by atoms with Crippen molar-refractivity contribution >= 4 is 56.4 Å². The van der Waals surface area contributed by atoms with Gasteiger partial charge in [-0.2, -0.15) is 0 Å². The number of carbonyl (C=O) groups is 1. The molecule has 5 rings (SSSR count). The Hall–Kier alpha value is -1.96. The molecule has 8 heteroatoms. The monoisotopic (exact) mass is 616 g/mol. The standard InChI is InChI=1S/C30H34BrClN2O3S/c1-36-26-17-21(16-25(31)28(26)37-19-20-12-14-22(32)15-13-20)18-27-29(35)34(24-10-6-3-7-11-24)30(38-27)33-23-8-4-2-5-9-23/h12-18,23-24H,2-11,19H2,1H3. The first-order valence-electron chi connectivity index (χ1n) is 13.6. The van der Waals surface area contributed by atoms with Gasteiger partial charge in [-0.3, -0.25) is 14.7 Å². The van der Waals surface area contributed by atoms with Crippen LogP contribution in [0.15, 0.2) is 50.8 Å². The molecule has 5 nitrogen and oxygen atoms in total. The molecule has 1 aliphatic heterocycles. The minimum atomic E-state index is 0.0783. The average Bonchev–Trinajstić information content (AvgIpc) is 3.23. The quantitative estimate of drug-likeness (QED) is 0.292. The molecule has 3 fully saturated rings. The van der Waals surface area contributed by atoms with Crippen molar-refractivity contribution < 1.29 is 14.3 Å². The number of amides is 1. The maximum Gasteiger partial charge on any atom is 0.266 e. The molecule has 38 heavy (non-hydrogen) atoms. The van der Waals surface area contributed by atoms with E-state index in [4.69, 9.17) is 26.1 Å². The fourth-order valence-electron chi connectivity index (χ4n) is 5.45. The first kappa shape index (κ1) is 27.6. The highest BCUT2D eigenvalue weighted by atomic mass is 79.9. The highest BCUT2D eigenvalue weighted by Gasteiger charge is 2.39. The molecule has 2 aromatic carbocycles. The molecule has 1 saturated heterocycles. The number of hydrogen-bond acceptors (Lipinski definition) is 5. The van der Waals surface area contributed by atoms with Gasteiger partial charge in [0, 0.05) is 11.1 Å². The lowest BCUT2D eigenvalue weighted by molar-refractivity contribution is -0.124. The number of aliphatic imine (C=N–C) groups is 1. The summed E-state index contributed by atoms with van der Waals surface area (Å²) in [6.07, 6.45) is 13.7. The molecule has 0 aromatic heterocycles. The maximum absolute atomic E-state index is 13.7. The molecule has 3 aliphatic rings. The van der Waals surface area contributed by atoms with Crippen LogP contribution in [0.1, 0.15) is 75.3 Å². The van der Waals surface area contributed by atoms with Crippen LogP contribution in [0.5, 0.6) is 11.5 Å². The summed E-state index contributed by atoms with van der Waals surface area (Å²) in [6, 6.07) is 12.1. The van der Waals surface area contributed by atoms with E-state index in [1.807, 2.05) is 47.4 Å². The van der Waals surface area contributed by atoms with E-state index in [-0.39, 0.29) is 11.9 Å². The minimum Gasteiger partial charge on any atom is -0.493 e. The van der Waals surface area contributed by atoms with E-state index in [0.29, 0.717) is 34.1 Å². The Morgan fingerprint density at radius 2 is 1.74 bits per heavy atom. The molecule has 0 radical (unpaired) electrons. The number of nitrogens with zero attached hydrogens (tertiary/aromatic N) is 2. The van der Waals surface area contributed by atoms with Crippen molar-refractivity contribution in [1.29, 1.82) is 0 Å². The second-order valence-corrected chi connectivity index (χ2v) is 12.5. The highest BCUT2D eigenvalue weighted by Crippen LogP contribution is 2.41. The van der Waals surface area contributed by atoms with Crippen LogP contribution in [0.25, 0.3) is 6.08 Å². The van der Waals surface area contributed by atoms with Crippen molar-refractivity contribution in [2.75, 3.05) is 7.11 Å². The fourth-order valence-corrected chi connectivity index (χ4v) is 7.26. The molecule has 0 bridgehead atoms. The predicted octanol–water partition coefficient (Wildman–Crippen LogP) is 8.63. The van der Waals surface area contributed by atoms with E-state index in [1.54, 1.807) is 7.11 Å². The topological polar surface area (TPSA) is 51.1 Å². The van der Waals surface area contributed by atoms with Gasteiger partial charge in [0.05, 0.1) is 22.5 Å². The molecule has 0 spiro atoms. The van der Waals surface area contributed by atoms with Crippen molar-refractivity contribution in [2.24, 2.45) is 4.99 Å². The zero-order valence-corrected chi connectivity index (χ0v) is 24.9. The Kier molecular flexibility index (Phi) is 9.39. The largest absolute Gasteiger partial charge is 0.493 e. The lowest BCUT2D eigenvalue weighted by Crippen LogP contribution is -2.41. The summed E-state index contributed by atoms with van der Waals surface area (Å²) < 4.78 is 12.5. The van der Waals surface area contributed by atoms with Crippen molar-refractivity contribution in [1.82, 2.24) is 4.90 Å². The van der Waals surface area contributed by atoms with Crippen LogP contribution in [0.3, 0.4) is 0 Å². The second-order valence-electron chi connectivity index (χ2n) is 10.2. The van der Waals surface area contributed by atoms with E-state index in [2.05, 4.69) is 15.9 Å². The SMILES string of the molecule is COc1cc(C=C2SC(=NC3CCCCC3)N(C3CCCCC3)C2=O)cc(Br)c1OCc1ccc(Cl)cc1. The van der Waals surface area contributed by atoms with Gasteiger partial charge in [0.1, 0.15) is 6.61 Å². The number of carbonyl (C=O) groups excluding carboxylic acids is 1. The van der Waals surface area contributed by atoms with Crippen LogP contribution in [-0.4, -0.2) is 35.2 Å². The average molecular weight is 618 g/mol. The van der Waals surface area contributed by atoms with Gasteiger partial charge in [0.2, 0.25) is 0 Å². The van der Waals surface area contributed by atoms with E-state index in [9.17, 15) is 4.79 Å². The molecule has 1 heterocycles. The number of hydrogen-bond donors (Lipinski definition) is 0. The van der Waals surface area contributed by atoms with Crippen molar-refractivity contribution in [2.45, 2.75) is 82.9 Å². The van der Waals surface area contributed by atoms with Gasteiger partial charge in [-0.15, -0.1) is 0 Å². The van der Waals surface area contributed by atoms with Gasteiger partial charge in [-0.1, -0.05) is 62.3 Å². The summed E-state index contributed by atoms with van der Waals surface area (Å²) in [7, 11) is 1.63. The van der Waals surface area contributed by atoms with Gasteiger partial charge in [0.25, 0.3) is 5.91 Å². The molecule has 0 atom stereocenters. The summed E-state index contributed by atoms with van der Waals surface area (Å²) >= 11 is 11.2. The summed E-state index contributed by atoms with van der Waals surface area (Å²) in [6.45, 7) is 0.387. The molecular weight excluding hydrogens is 584 g/mol. The summed E-state index contributed by atoms with van der Waals surface area (Å²) in [5.41, 5.74) is 1.89. The molecule has 202 valence electrons. The number of ether oxygens (including phenoxy) is 2. The maximum atomic E-state index is 13.7. The van der Waals surface area contributed by atoms with Gasteiger partial charge in [-0.05, 0) is 94.8 Å². The molecule has 2 aliphatic carbocycles. The van der Waals surface area contributed by atoms with Crippen LogP contribution in [0.4, 0.5) is 0 Å². The first-order valence-corrected chi connectivity index (χ1v) is 15.6. The van der Waals surface area contributed by atoms with Crippen LogP contribution < -0.4 is 9.47 Å². The van der Waals surface area contributed by atoms with E-state index >= 15 is 0 Å². The van der Waals surface area contributed by atoms with Crippen molar-refractivity contribution in [3.8, 4) is 11.5 Å². The smallest absolute Gasteiger partial charge is 0.266 e. The minimum absolute atomic E-state index is 0.0783. The summed E-state index contributed by atoms with van der Waals surface area (Å²) in [5, 5.41) is 1.59. The third-order valence-corrected chi connectivity index (χ3v) is 9.33. The number of methoxy groups -OCH3 is 1. The second kappa shape index (κ2) is 12.9. The zero-order chi connectivity index (χ0) is 26.5. The number of halogens is 2. The van der Waals surface area contributed by atoms with Crippen molar-refractivity contribution in [3.63, 3.8) is 0 Å². The Morgan fingerprint density at radius 1 is 1.05 bits per heavy atom. The predicted molar refractivity (Wildman–Crippen MR) is 160 cm³/mol. The third-order valence-electron chi connectivity index (χ3n) is 7.49. The lowest BCUT2D eigenvalue weighted by Gasteiger charge is -2.31. The Labute approximate surface area is 243 Å². The van der Waals surface area contributed by atoms with Gasteiger partial charge in [0.15, 0.2) is 16.7 Å². The van der Waals surface area contributed by atoms with Crippen LogP contribution in [0.2, 0.25) is 5.02 Å². The van der Waals surface area contributed by atoms with Gasteiger partial charge < -0.3 is 9.47 Å². The molecule has 1 amide bonds.